The van der Waals surface area contributed by atoms with Gasteiger partial charge in [-0.3, -0.25) is 14.2 Å². The van der Waals surface area contributed by atoms with E-state index in [-0.39, 0.29) is 21.8 Å². The molecule has 5 rings (SSSR count). The van der Waals surface area contributed by atoms with Crippen molar-refractivity contribution in [1.29, 1.82) is 0 Å². The molecule has 0 saturated heterocycles. The van der Waals surface area contributed by atoms with Crippen molar-refractivity contribution in [2.75, 3.05) is 10.0 Å². The van der Waals surface area contributed by atoms with Gasteiger partial charge in [0.1, 0.15) is 0 Å². The summed E-state index contributed by atoms with van der Waals surface area (Å²) in [6.07, 6.45) is 1.86. The monoisotopic (exact) mass is 533 g/mol. The van der Waals surface area contributed by atoms with Gasteiger partial charge in [-0.15, -0.1) is 10.2 Å². The molecule has 3 heterocycles. The van der Waals surface area contributed by atoms with Crippen LogP contribution in [0.25, 0.3) is 22.2 Å². The predicted molar refractivity (Wildman–Crippen MR) is 141 cm³/mol. The lowest BCUT2D eigenvalue weighted by molar-refractivity contribution is 0.102. The Morgan fingerprint density at radius 2 is 1.76 bits per heavy atom. The Balaban J connectivity index is 1.41. The number of rotatable bonds is 6. The van der Waals surface area contributed by atoms with Crippen LogP contribution in [0.4, 0.5) is 11.5 Å². The number of para-hydroxylation sites is 1. The van der Waals surface area contributed by atoms with Gasteiger partial charge in [0, 0.05) is 29.9 Å². The number of benzene rings is 2. The van der Waals surface area contributed by atoms with Gasteiger partial charge in [0.2, 0.25) is 0 Å². The summed E-state index contributed by atoms with van der Waals surface area (Å²) in [5.74, 6) is -0.322. The molecular formula is C25H20ClN7O3S. The normalized spacial score (nSPS) is 11.4. The van der Waals surface area contributed by atoms with Gasteiger partial charge in [0.25, 0.3) is 15.9 Å². The largest absolute Gasteiger partial charge is 0.322 e. The molecule has 0 aliphatic rings. The van der Waals surface area contributed by atoms with Crippen molar-refractivity contribution in [3.05, 3.63) is 89.3 Å². The fraction of sp³-hybridized carbons (Fsp3) is 0.0800. The van der Waals surface area contributed by atoms with Crippen LogP contribution in [-0.2, 0) is 17.1 Å². The summed E-state index contributed by atoms with van der Waals surface area (Å²) < 4.78 is 29.4. The number of fused-ring (bicyclic) bond motifs is 1. The fourth-order valence-electron chi connectivity index (χ4n) is 3.84. The van der Waals surface area contributed by atoms with Gasteiger partial charge in [0.15, 0.2) is 11.0 Å². The van der Waals surface area contributed by atoms with E-state index >= 15 is 0 Å². The van der Waals surface area contributed by atoms with Crippen LogP contribution in [-0.4, -0.2) is 39.3 Å². The van der Waals surface area contributed by atoms with E-state index < -0.39 is 10.0 Å². The maximum atomic E-state index is 13.3. The molecule has 10 nitrogen and oxygen atoms in total. The van der Waals surface area contributed by atoms with Crippen LogP contribution >= 0.6 is 11.6 Å². The molecule has 5 aromatic rings. The van der Waals surface area contributed by atoms with Gasteiger partial charge < -0.3 is 5.32 Å². The molecule has 0 atom stereocenters. The number of aromatic nitrogens is 5. The highest BCUT2D eigenvalue weighted by molar-refractivity contribution is 7.92. The van der Waals surface area contributed by atoms with Crippen LogP contribution in [0, 0.1) is 6.92 Å². The number of anilines is 2. The van der Waals surface area contributed by atoms with E-state index in [9.17, 15) is 13.2 Å². The Kier molecular flexibility index (Phi) is 6.32. The molecule has 0 aliphatic carbocycles. The summed E-state index contributed by atoms with van der Waals surface area (Å²) in [7, 11) is -2.09. The molecule has 2 N–H and O–H groups in total. The highest BCUT2D eigenvalue weighted by atomic mass is 35.5. The molecule has 3 aromatic heterocycles. The van der Waals surface area contributed by atoms with E-state index in [0.717, 1.165) is 11.3 Å². The topological polar surface area (TPSA) is 132 Å². The smallest absolute Gasteiger partial charge is 0.263 e. The van der Waals surface area contributed by atoms with Crippen LogP contribution in [0.5, 0.6) is 0 Å². The lowest BCUT2D eigenvalue weighted by Gasteiger charge is -2.11. The SMILES string of the molecule is Cc1nn(C)cc1-c1cc(C(=O)Nc2ccc(S(=O)(=O)Nc3ccc(Cl)nn3)cc2)c2ccccc2n1. The molecule has 0 aliphatic heterocycles. The molecule has 37 heavy (non-hydrogen) atoms. The van der Waals surface area contributed by atoms with Crippen LogP contribution in [0.15, 0.2) is 77.8 Å². The van der Waals surface area contributed by atoms with Crippen molar-refractivity contribution < 1.29 is 13.2 Å². The number of pyridine rings is 1. The van der Waals surface area contributed by atoms with Crippen LogP contribution in [0.3, 0.4) is 0 Å². The van der Waals surface area contributed by atoms with Crippen LogP contribution in [0.2, 0.25) is 5.15 Å². The average Bonchev–Trinajstić information content (AvgIpc) is 3.22. The third-order valence-electron chi connectivity index (χ3n) is 5.54. The molecule has 186 valence electrons. The number of sulfonamides is 1. The molecule has 12 heteroatoms. The third-order valence-corrected chi connectivity index (χ3v) is 7.12. The molecule has 0 saturated carbocycles. The average molecular weight is 534 g/mol. The second-order valence-corrected chi connectivity index (χ2v) is 10.3. The number of aryl methyl sites for hydroxylation is 2. The van der Waals surface area contributed by atoms with Crippen LogP contribution in [0.1, 0.15) is 16.1 Å². The van der Waals surface area contributed by atoms with Crippen LogP contribution < -0.4 is 10.0 Å². The van der Waals surface area contributed by atoms with Crippen molar-refractivity contribution in [2.45, 2.75) is 11.8 Å². The number of carbonyl (C=O) groups is 1. The van der Waals surface area contributed by atoms with E-state index in [1.54, 1.807) is 10.7 Å². The minimum atomic E-state index is -3.92. The molecule has 0 bridgehead atoms. The van der Waals surface area contributed by atoms with Crippen molar-refractivity contribution in [3.8, 4) is 11.3 Å². The molecular weight excluding hydrogens is 514 g/mol. The van der Waals surface area contributed by atoms with Crippen molar-refractivity contribution in [3.63, 3.8) is 0 Å². The second-order valence-electron chi connectivity index (χ2n) is 8.20. The summed E-state index contributed by atoms with van der Waals surface area (Å²) >= 11 is 5.69. The van der Waals surface area contributed by atoms with Gasteiger partial charge in [-0.25, -0.2) is 13.4 Å². The number of hydrogen-bond acceptors (Lipinski definition) is 7. The number of hydrogen-bond donors (Lipinski definition) is 2. The van der Waals surface area contributed by atoms with Crippen molar-refractivity contribution >= 4 is 49.9 Å². The summed E-state index contributed by atoms with van der Waals surface area (Å²) in [6.45, 7) is 1.88. The van der Waals surface area contributed by atoms with Crippen molar-refractivity contribution in [1.82, 2.24) is 25.0 Å². The van der Waals surface area contributed by atoms with Gasteiger partial charge in [-0.05, 0) is 55.5 Å². The Morgan fingerprint density at radius 3 is 2.43 bits per heavy atom. The molecule has 0 unspecified atom stereocenters. The minimum Gasteiger partial charge on any atom is -0.322 e. The Morgan fingerprint density at radius 1 is 1.00 bits per heavy atom. The highest BCUT2D eigenvalue weighted by Gasteiger charge is 2.18. The first kappa shape index (κ1) is 24.3. The van der Waals surface area contributed by atoms with E-state index in [0.29, 0.717) is 27.8 Å². The first-order valence-corrected chi connectivity index (χ1v) is 12.9. The van der Waals surface area contributed by atoms with Gasteiger partial charge >= 0.3 is 0 Å². The number of nitrogens with one attached hydrogen (secondary N) is 2. The maximum absolute atomic E-state index is 13.3. The number of amides is 1. The molecule has 0 spiro atoms. The lowest BCUT2D eigenvalue weighted by Crippen LogP contribution is -2.15. The minimum absolute atomic E-state index is 0.00838. The summed E-state index contributed by atoms with van der Waals surface area (Å²) in [5.41, 5.74) is 3.79. The molecule has 2 aromatic carbocycles. The second kappa shape index (κ2) is 9.60. The third kappa shape index (κ3) is 5.13. The number of halogens is 1. The first-order valence-electron chi connectivity index (χ1n) is 11.0. The lowest BCUT2D eigenvalue weighted by atomic mass is 10.0. The first-order chi connectivity index (χ1) is 17.7. The standard InChI is InChI=1S/C25H20ClN7O3S/c1-15-20(14-33(2)31-15)22-13-19(18-5-3-4-6-21(18)28-22)25(34)27-16-7-9-17(10-8-16)37(35,36)32-24-12-11-23(26)29-30-24/h3-14H,1-2H3,(H,27,34)(H,30,32). The van der Waals surface area contributed by atoms with Gasteiger partial charge in [0.05, 0.1) is 27.4 Å². The van der Waals surface area contributed by atoms with E-state index in [1.165, 1.54) is 36.4 Å². The van der Waals surface area contributed by atoms with E-state index in [1.807, 2.05) is 44.4 Å². The Hall–Kier alpha value is -4.35. The number of carbonyl (C=O) groups excluding carboxylic acids is 1. The summed E-state index contributed by atoms with van der Waals surface area (Å²) in [6, 6.07) is 17.7. The zero-order chi connectivity index (χ0) is 26.2. The fourth-order valence-corrected chi connectivity index (χ4v) is 4.93. The molecule has 0 fully saturated rings. The quantitative estimate of drug-likeness (QED) is 0.330. The van der Waals surface area contributed by atoms with E-state index in [2.05, 4.69) is 25.3 Å². The maximum Gasteiger partial charge on any atom is 0.263 e. The number of nitrogens with zero attached hydrogens (tertiary/aromatic N) is 5. The Bertz CT molecular complexity index is 1740. The summed E-state index contributed by atoms with van der Waals surface area (Å²) in [4.78, 5) is 18.1. The Labute approximate surface area is 217 Å². The van der Waals surface area contributed by atoms with Crippen molar-refractivity contribution in [2.24, 2.45) is 7.05 Å². The molecule has 0 radical (unpaired) electrons. The molecule has 1 amide bonds. The van der Waals surface area contributed by atoms with Gasteiger partial charge in [-0.1, -0.05) is 29.8 Å². The van der Waals surface area contributed by atoms with Gasteiger partial charge in [-0.2, -0.15) is 5.10 Å². The predicted octanol–water partition coefficient (Wildman–Crippen LogP) is 4.44. The van der Waals surface area contributed by atoms with E-state index in [4.69, 9.17) is 16.6 Å². The zero-order valence-corrected chi connectivity index (χ0v) is 21.2. The highest BCUT2D eigenvalue weighted by Crippen LogP contribution is 2.27. The summed E-state index contributed by atoms with van der Waals surface area (Å²) in [5, 5.41) is 15.4. The zero-order valence-electron chi connectivity index (χ0n) is 19.7.